The van der Waals surface area contributed by atoms with E-state index in [1.165, 1.54) is 25.7 Å². The van der Waals surface area contributed by atoms with Crippen LogP contribution in [0, 0.1) is 0 Å². The van der Waals surface area contributed by atoms with Crippen LogP contribution >= 0.6 is 0 Å². The van der Waals surface area contributed by atoms with Crippen molar-refractivity contribution in [1.29, 1.82) is 0 Å². The van der Waals surface area contributed by atoms with Gasteiger partial charge in [-0.25, -0.2) is 4.98 Å². The van der Waals surface area contributed by atoms with Crippen molar-refractivity contribution < 1.29 is 14.3 Å². The van der Waals surface area contributed by atoms with Gasteiger partial charge in [0.05, 0.1) is 19.0 Å². The first-order valence-electron chi connectivity index (χ1n) is 6.68. The number of hydrogen-bond acceptors (Lipinski definition) is 5. The summed E-state index contributed by atoms with van der Waals surface area (Å²) in [6.45, 7) is 0.205. The topological polar surface area (TPSA) is 93.2 Å². The Morgan fingerprint density at radius 3 is 2.77 bits per heavy atom. The molecule has 2 amide bonds. The van der Waals surface area contributed by atoms with E-state index in [0.717, 1.165) is 0 Å². The number of para-hydroxylation sites is 2. The molecule has 0 aliphatic carbocycles. The van der Waals surface area contributed by atoms with Gasteiger partial charge in [0, 0.05) is 25.4 Å². The number of nitrogens with zero attached hydrogens (tertiary/aromatic N) is 2. The highest BCUT2D eigenvalue weighted by atomic mass is 16.5. The fourth-order valence-electron chi connectivity index (χ4n) is 1.76. The van der Waals surface area contributed by atoms with Gasteiger partial charge in [0.1, 0.15) is 11.4 Å². The second-order valence-corrected chi connectivity index (χ2v) is 4.35. The molecule has 0 saturated heterocycles. The predicted molar refractivity (Wildman–Crippen MR) is 80.6 cm³/mol. The quantitative estimate of drug-likeness (QED) is 0.837. The van der Waals surface area contributed by atoms with Gasteiger partial charge in [-0.2, -0.15) is 0 Å². The van der Waals surface area contributed by atoms with Gasteiger partial charge in [0.2, 0.25) is 5.91 Å². The Labute approximate surface area is 127 Å². The van der Waals surface area contributed by atoms with E-state index in [0.29, 0.717) is 11.4 Å². The van der Waals surface area contributed by atoms with Crippen LogP contribution in [0.2, 0.25) is 0 Å². The number of methoxy groups -OCH3 is 1. The number of rotatable bonds is 6. The van der Waals surface area contributed by atoms with Crippen LogP contribution in [0.5, 0.6) is 5.75 Å². The first-order chi connectivity index (χ1) is 10.7. The number of carbonyl (C=O) groups excluding carboxylic acids is 2. The Kier molecular flexibility index (Phi) is 5.42. The number of ether oxygens (including phenoxy) is 1. The molecule has 2 rings (SSSR count). The molecule has 22 heavy (non-hydrogen) atoms. The van der Waals surface area contributed by atoms with Crippen LogP contribution in [0.3, 0.4) is 0 Å². The number of nitrogens with one attached hydrogen (secondary N) is 2. The summed E-state index contributed by atoms with van der Waals surface area (Å²) in [5.41, 5.74) is 0.808. The highest BCUT2D eigenvalue weighted by Crippen LogP contribution is 2.22. The normalized spacial score (nSPS) is 9.86. The molecule has 7 heteroatoms. The first kappa shape index (κ1) is 15.4. The second-order valence-electron chi connectivity index (χ2n) is 4.35. The Balaban J connectivity index is 1.80. The fraction of sp³-hybridized carbons (Fsp3) is 0.200. The van der Waals surface area contributed by atoms with Crippen LogP contribution in [-0.4, -0.2) is 35.4 Å². The molecule has 1 aromatic heterocycles. The van der Waals surface area contributed by atoms with E-state index >= 15 is 0 Å². The number of carbonyl (C=O) groups is 2. The van der Waals surface area contributed by atoms with Crippen LogP contribution in [0.25, 0.3) is 0 Å². The molecule has 114 valence electrons. The van der Waals surface area contributed by atoms with Crippen LogP contribution in [0.1, 0.15) is 16.9 Å². The zero-order chi connectivity index (χ0) is 15.8. The summed E-state index contributed by atoms with van der Waals surface area (Å²) in [6, 6.07) is 7.12. The van der Waals surface area contributed by atoms with Gasteiger partial charge in [0.25, 0.3) is 5.91 Å². The molecule has 0 aliphatic rings. The monoisotopic (exact) mass is 300 g/mol. The maximum absolute atomic E-state index is 11.9. The van der Waals surface area contributed by atoms with Crippen LogP contribution in [-0.2, 0) is 4.79 Å². The average molecular weight is 300 g/mol. The minimum absolute atomic E-state index is 0.143. The average Bonchev–Trinajstić information content (AvgIpc) is 2.56. The number of benzene rings is 1. The summed E-state index contributed by atoms with van der Waals surface area (Å²) in [5, 5.41) is 5.34. The lowest BCUT2D eigenvalue weighted by atomic mass is 10.2. The highest BCUT2D eigenvalue weighted by molar-refractivity contribution is 5.94. The van der Waals surface area contributed by atoms with Gasteiger partial charge in [0.15, 0.2) is 0 Å². The van der Waals surface area contributed by atoms with E-state index in [2.05, 4.69) is 20.6 Å². The summed E-state index contributed by atoms with van der Waals surface area (Å²) in [6.07, 6.45) is 4.43. The summed E-state index contributed by atoms with van der Waals surface area (Å²) in [7, 11) is 1.53. The van der Waals surface area contributed by atoms with E-state index < -0.39 is 0 Å². The Morgan fingerprint density at radius 1 is 1.23 bits per heavy atom. The van der Waals surface area contributed by atoms with Gasteiger partial charge < -0.3 is 15.4 Å². The minimum atomic E-state index is -0.363. The molecule has 1 heterocycles. The van der Waals surface area contributed by atoms with Crippen molar-refractivity contribution in [3.63, 3.8) is 0 Å². The smallest absolute Gasteiger partial charge is 0.271 e. The SMILES string of the molecule is COc1ccccc1NC(=O)CCNC(=O)c1cnccn1. The molecule has 0 unspecified atom stereocenters. The van der Waals surface area contributed by atoms with Gasteiger partial charge >= 0.3 is 0 Å². The molecule has 0 aliphatic heterocycles. The van der Waals surface area contributed by atoms with Crippen molar-refractivity contribution in [1.82, 2.24) is 15.3 Å². The number of anilines is 1. The van der Waals surface area contributed by atoms with Crippen LogP contribution in [0.15, 0.2) is 42.9 Å². The third-order valence-corrected chi connectivity index (χ3v) is 2.81. The van der Waals surface area contributed by atoms with Crippen molar-refractivity contribution in [2.45, 2.75) is 6.42 Å². The third kappa shape index (κ3) is 4.27. The molecule has 2 N–H and O–H groups in total. The minimum Gasteiger partial charge on any atom is -0.495 e. The van der Waals surface area contributed by atoms with E-state index in [9.17, 15) is 9.59 Å². The molecule has 0 atom stereocenters. The maximum atomic E-state index is 11.9. The summed E-state index contributed by atoms with van der Waals surface area (Å²) < 4.78 is 5.15. The predicted octanol–water partition coefficient (Wildman–Crippen LogP) is 1.24. The fourth-order valence-corrected chi connectivity index (χ4v) is 1.76. The molecule has 0 radical (unpaired) electrons. The lowest BCUT2D eigenvalue weighted by Gasteiger charge is -2.10. The van der Waals surface area contributed by atoms with E-state index in [1.807, 2.05) is 6.07 Å². The molecule has 0 fully saturated rings. The molecular weight excluding hydrogens is 284 g/mol. The molecule has 0 bridgehead atoms. The van der Waals surface area contributed by atoms with Gasteiger partial charge in [-0.3, -0.25) is 14.6 Å². The van der Waals surface area contributed by atoms with Crippen molar-refractivity contribution in [2.24, 2.45) is 0 Å². The molecular formula is C15H16N4O3. The summed E-state index contributed by atoms with van der Waals surface area (Å²) in [5.74, 6) is 0.00147. The Hall–Kier alpha value is -2.96. The van der Waals surface area contributed by atoms with Crippen molar-refractivity contribution in [3.8, 4) is 5.75 Å². The number of amides is 2. The molecule has 1 aromatic carbocycles. The summed E-state index contributed by atoms with van der Waals surface area (Å²) in [4.78, 5) is 31.3. The maximum Gasteiger partial charge on any atom is 0.271 e. The highest BCUT2D eigenvalue weighted by Gasteiger charge is 2.09. The molecule has 0 saturated carbocycles. The van der Waals surface area contributed by atoms with Gasteiger partial charge in [-0.1, -0.05) is 12.1 Å². The van der Waals surface area contributed by atoms with Crippen LogP contribution < -0.4 is 15.4 Å². The number of hydrogen-bond donors (Lipinski definition) is 2. The zero-order valence-electron chi connectivity index (χ0n) is 12.1. The number of aromatic nitrogens is 2. The summed E-state index contributed by atoms with van der Waals surface area (Å²) >= 11 is 0. The lowest BCUT2D eigenvalue weighted by Crippen LogP contribution is -2.28. The Bertz CT molecular complexity index is 646. The molecule has 0 spiro atoms. The largest absolute Gasteiger partial charge is 0.495 e. The van der Waals surface area contributed by atoms with Crippen molar-refractivity contribution in [2.75, 3.05) is 19.0 Å². The first-order valence-corrected chi connectivity index (χ1v) is 6.68. The zero-order valence-corrected chi connectivity index (χ0v) is 12.1. The Morgan fingerprint density at radius 2 is 2.05 bits per heavy atom. The van der Waals surface area contributed by atoms with Crippen molar-refractivity contribution in [3.05, 3.63) is 48.5 Å². The van der Waals surface area contributed by atoms with E-state index in [-0.39, 0.29) is 30.5 Å². The van der Waals surface area contributed by atoms with Crippen molar-refractivity contribution >= 4 is 17.5 Å². The standard InChI is InChI=1S/C15H16N4O3/c1-22-13-5-3-2-4-11(13)19-14(20)6-7-18-15(21)12-10-16-8-9-17-12/h2-5,8-10H,6-7H2,1H3,(H,18,21)(H,19,20). The molecule has 2 aromatic rings. The van der Waals surface area contributed by atoms with Crippen LogP contribution in [0.4, 0.5) is 5.69 Å². The molecule has 7 nitrogen and oxygen atoms in total. The van der Waals surface area contributed by atoms with E-state index in [1.54, 1.807) is 18.2 Å². The third-order valence-electron chi connectivity index (χ3n) is 2.81. The lowest BCUT2D eigenvalue weighted by molar-refractivity contribution is -0.116. The second kappa shape index (κ2) is 7.72. The van der Waals surface area contributed by atoms with Gasteiger partial charge in [-0.05, 0) is 12.1 Å². The van der Waals surface area contributed by atoms with Gasteiger partial charge in [-0.15, -0.1) is 0 Å². The van der Waals surface area contributed by atoms with E-state index in [4.69, 9.17) is 4.74 Å².